The van der Waals surface area contributed by atoms with Gasteiger partial charge in [0, 0.05) is 13.2 Å². The fourth-order valence-corrected chi connectivity index (χ4v) is 1.70. The molecule has 6 heteroatoms. The molecule has 1 aromatic rings. The van der Waals surface area contributed by atoms with E-state index in [0.717, 1.165) is 13.0 Å². The van der Waals surface area contributed by atoms with Gasteiger partial charge in [-0.25, -0.2) is 9.18 Å². The molecule has 18 heavy (non-hydrogen) atoms. The number of esters is 1. The van der Waals surface area contributed by atoms with Crippen LogP contribution in [0.1, 0.15) is 16.8 Å². The van der Waals surface area contributed by atoms with Crippen molar-refractivity contribution in [1.29, 1.82) is 0 Å². The van der Waals surface area contributed by atoms with E-state index in [1.54, 1.807) is 0 Å². The third-order valence-electron chi connectivity index (χ3n) is 2.88. The number of hydrogen-bond donors (Lipinski definition) is 2. The summed E-state index contributed by atoms with van der Waals surface area (Å²) in [4.78, 5) is 11.3. The molecule has 1 aliphatic rings. The number of anilines is 2. The molecular weight excluding hydrogens is 239 g/mol. The Kier molecular flexibility index (Phi) is 3.66. The van der Waals surface area contributed by atoms with E-state index in [1.165, 1.54) is 19.2 Å². The van der Waals surface area contributed by atoms with Gasteiger partial charge in [0.2, 0.25) is 0 Å². The number of nitrogens with two attached hydrogens (primary N) is 1. The summed E-state index contributed by atoms with van der Waals surface area (Å²) in [7, 11) is 1.20. The molecule has 0 spiro atoms. The number of benzene rings is 1. The van der Waals surface area contributed by atoms with Crippen LogP contribution in [0.2, 0.25) is 0 Å². The first-order chi connectivity index (χ1) is 8.63. The van der Waals surface area contributed by atoms with Crippen molar-refractivity contribution in [2.75, 3.05) is 31.3 Å². The molecule has 0 saturated carbocycles. The Bertz CT molecular complexity index is 461. The maximum Gasteiger partial charge on any atom is 0.340 e. The average Bonchev–Trinajstić information content (AvgIpc) is 2.30. The van der Waals surface area contributed by atoms with Crippen molar-refractivity contribution in [3.05, 3.63) is 23.5 Å². The number of methoxy groups -OCH3 is 1. The number of hydrogen-bond acceptors (Lipinski definition) is 5. The summed E-state index contributed by atoms with van der Waals surface area (Å²) in [6.07, 6.45) is 1.01. The molecule has 2 rings (SSSR count). The van der Waals surface area contributed by atoms with Crippen LogP contribution in [0.4, 0.5) is 15.8 Å². The number of carbonyl (C=O) groups is 1. The van der Waals surface area contributed by atoms with Crippen molar-refractivity contribution in [1.82, 2.24) is 0 Å². The average molecular weight is 254 g/mol. The van der Waals surface area contributed by atoms with Gasteiger partial charge in [0.05, 0.1) is 30.2 Å². The Morgan fingerprint density at radius 3 is 2.94 bits per heavy atom. The second-order valence-corrected chi connectivity index (χ2v) is 4.05. The van der Waals surface area contributed by atoms with Crippen LogP contribution in [0.3, 0.4) is 0 Å². The zero-order valence-corrected chi connectivity index (χ0v) is 10.0. The van der Waals surface area contributed by atoms with Gasteiger partial charge in [0.15, 0.2) is 5.82 Å². The van der Waals surface area contributed by atoms with Gasteiger partial charge in [-0.05, 0) is 18.6 Å². The van der Waals surface area contributed by atoms with Crippen LogP contribution >= 0.6 is 0 Å². The van der Waals surface area contributed by atoms with Crippen molar-refractivity contribution in [2.45, 2.75) is 12.5 Å². The second kappa shape index (κ2) is 5.22. The van der Waals surface area contributed by atoms with Crippen LogP contribution in [-0.2, 0) is 9.47 Å². The number of nitrogen functional groups attached to an aromatic ring is 1. The van der Waals surface area contributed by atoms with E-state index >= 15 is 0 Å². The number of nitrogens with one attached hydrogen (secondary N) is 1. The predicted molar refractivity (Wildman–Crippen MR) is 65.0 cm³/mol. The van der Waals surface area contributed by atoms with Crippen molar-refractivity contribution >= 4 is 17.3 Å². The van der Waals surface area contributed by atoms with E-state index in [2.05, 4.69) is 10.1 Å². The summed E-state index contributed by atoms with van der Waals surface area (Å²) in [5.74, 6) is -1.42. The highest BCUT2D eigenvalue weighted by Gasteiger charge is 2.21. The largest absolute Gasteiger partial charge is 0.465 e. The minimum atomic E-state index is -0.726. The van der Waals surface area contributed by atoms with E-state index in [1.807, 2.05) is 0 Å². The first-order valence-electron chi connectivity index (χ1n) is 5.65. The van der Waals surface area contributed by atoms with Crippen LogP contribution in [-0.4, -0.2) is 32.3 Å². The number of ether oxygens (including phenoxy) is 2. The first kappa shape index (κ1) is 12.6. The topological polar surface area (TPSA) is 73.6 Å². The molecule has 3 N–H and O–H groups in total. The molecule has 1 fully saturated rings. The molecule has 0 aliphatic carbocycles. The quantitative estimate of drug-likeness (QED) is 0.627. The SMILES string of the molecule is COC(=O)c1ccc(N)c(NC[C@@H]2CCO2)c1F. The van der Waals surface area contributed by atoms with Crippen molar-refractivity contribution in [2.24, 2.45) is 0 Å². The lowest BCUT2D eigenvalue weighted by Crippen LogP contribution is -2.33. The first-order valence-corrected chi connectivity index (χ1v) is 5.65. The second-order valence-electron chi connectivity index (χ2n) is 4.05. The third kappa shape index (κ3) is 2.38. The number of halogens is 1. The van der Waals surface area contributed by atoms with Crippen molar-refractivity contribution < 1.29 is 18.7 Å². The van der Waals surface area contributed by atoms with Gasteiger partial charge in [-0.2, -0.15) is 0 Å². The molecule has 1 saturated heterocycles. The van der Waals surface area contributed by atoms with Gasteiger partial charge in [0.25, 0.3) is 0 Å². The van der Waals surface area contributed by atoms with Crippen LogP contribution in [0, 0.1) is 5.82 Å². The Labute approximate surface area is 104 Å². The van der Waals surface area contributed by atoms with E-state index in [-0.39, 0.29) is 23.0 Å². The molecule has 98 valence electrons. The maximum absolute atomic E-state index is 14.1. The minimum absolute atomic E-state index is 0.0746. The van der Waals surface area contributed by atoms with Crippen molar-refractivity contribution in [3.63, 3.8) is 0 Å². The summed E-state index contributed by atoms with van der Waals surface area (Å²) in [5, 5.41) is 2.87. The van der Waals surface area contributed by atoms with Crippen molar-refractivity contribution in [3.8, 4) is 0 Å². The summed E-state index contributed by atoms with van der Waals surface area (Å²) in [5.41, 5.74) is 5.92. The fourth-order valence-electron chi connectivity index (χ4n) is 1.70. The van der Waals surface area contributed by atoms with E-state index in [9.17, 15) is 9.18 Å². The molecule has 0 aromatic heterocycles. The minimum Gasteiger partial charge on any atom is -0.465 e. The van der Waals surface area contributed by atoms with Gasteiger partial charge in [-0.3, -0.25) is 0 Å². The normalized spacial score (nSPS) is 18.0. The third-order valence-corrected chi connectivity index (χ3v) is 2.88. The lowest BCUT2D eigenvalue weighted by Gasteiger charge is -2.27. The lowest BCUT2D eigenvalue weighted by atomic mass is 10.1. The van der Waals surface area contributed by atoms with Crippen LogP contribution < -0.4 is 11.1 Å². The Hall–Kier alpha value is -1.82. The summed E-state index contributed by atoms with van der Waals surface area (Å²) in [6.45, 7) is 1.19. The standard InChI is InChI=1S/C12H15FN2O3/c1-17-12(16)8-2-3-9(14)11(10(8)13)15-6-7-4-5-18-7/h2-3,7,15H,4-6,14H2,1H3/t7-/m0/s1. The molecule has 0 radical (unpaired) electrons. The van der Waals surface area contributed by atoms with Crippen LogP contribution in [0.25, 0.3) is 0 Å². The summed E-state index contributed by atoms with van der Waals surface area (Å²) < 4.78 is 23.8. The number of rotatable bonds is 4. The fraction of sp³-hybridized carbons (Fsp3) is 0.417. The van der Waals surface area contributed by atoms with Crippen LogP contribution in [0.15, 0.2) is 12.1 Å². The van der Waals surface area contributed by atoms with Gasteiger partial charge in [-0.1, -0.05) is 0 Å². The molecule has 0 unspecified atom stereocenters. The summed E-state index contributed by atoms with van der Waals surface area (Å²) >= 11 is 0. The molecule has 0 amide bonds. The monoisotopic (exact) mass is 254 g/mol. The number of carbonyl (C=O) groups excluding carboxylic acids is 1. The maximum atomic E-state index is 14.1. The van der Waals surface area contributed by atoms with E-state index in [0.29, 0.717) is 6.54 Å². The van der Waals surface area contributed by atoms with Gasteiger partial charge < -0.3 is 20.5 Å². The predicted octanol–water partition coefficient (Wildman–Crippen LogP) is 1.40. The van der Waals surface area contributed by atoms with Gasteiger partial charge in [-0.15, -0.1) is 0 Å². The molecule has 0 bridgehead atoms. The van der Waals surface area contributed by atoms with E-state index < -0.39 is 11.8 Å². The molecule has 1 heterocycles. The van der Waals surface area contributed by atoms with E-state index in [4.69, 9.17) is 10.5 Å². The van der Waals surface area contributed by atoms with Gasteiger partial charge in [0.1, 0.15) is 0 Å². The molecular formula is C12H15FN2O3. The van der Waals surface area contributed by atoms with Crippen LogP contribution in [0.5, 0.6) is 0 Å². The highest BCUT2D eigenvalue weighted by molar-refractivity contribution is 5.92. The Morgan fingerprint density at radius 1 is 1.67 bits per heavy atom. The van der Waals surface area contributed by atoms with Gasteiger partial charge >= 0.3 is 5.97 Å². The Morgan fingerprint density at radius 2 is 2.39 bits per heavy atom. The molecule has 5 nitrogen and oxygen atoms in total. The zero-order valence-electron chi connectivity index (χ0n) is 10.0. The smallest absolute Gasteiger partial charge is 0.340 e. The zero-order chi connectivity index (χ0) is 13.1. The summed E-state index contributed by atoms with van der Waals surface area (Å²) in [6, 6.07) is 2.78. The lowest BCUT2D eigenvalue weighted by molar-refractivity contribution is -0.0410. The molecule has 1 atom stereocenters. The molecule has 1 aromatic carbocycles. The highest BCUT2D eigenvalue weighted by atomic mass is 19.1. The Balaban J connectivity index is 2.18. The molecule has 1 aliphatic heterocycles. The highest BCUT2D eigenvalue weighted by Crippen LogP contribution is 2.26.